The Bertz CT molecular complexity index is 380. The van der Waals surface area contributed by atoms with E-state index in [-0.39, 0.29) is 5.92 Å². The highest BCUT2D eigenvalue weighted by Gasteiger charge is 2.24. The van der Waals surface area contributed by atoms with Gasteiger partial charge in [0.2, 0.25) is 0 Å². The first-order valence-corrected chi connectivity index (χ1v) is 6.39. The van der Waals surface area contributed by atoms with Crippen LogP contribution in [0.2, 0.25) is 0 Å². The second kappa shape index (κ2) is 6.40. The lowest BCUT2D eigenvalue weighted by Crippen LogP contribution is -2.40. The van der Waals surface area contributed by atoms with Crippen molar-refractivity contribution in [2.24, 2.45) is 5.92 Å². The lowest BCUT2D eigenvalue weighted by atomic mass is 9.98. The van der Waals surface area contributed by atoms with Gasteiger partial charge in [0.25, 0.3) is 0 Å². The Hall–Kier alpha value is -1.55. The van der Waals surface area contributed by atoms with E-state index in [4.69, 9.17) is 9.84 Å². The number of likely N-dealkylation sites (tertiary alicyclic amines) is 1. The van der Waals surface area contributed by atoms with E-state index < -0.39 is 5.97 Å². The molecule has 0 saturated carbocycles. The van der Waals surface area contributed by atoms with Crippen molar-refractivity contribution in [3.8, 4) is 5.75 Å². The average Bonchev–Trinajstić information content (AvgIpc) is 2.40. The molecule has 1 aliphatic rings. The Morgan fingerprint density at radius 2 is 2.17 bits per heavy atom. The van der Waals surface area contributed by atoms with E-state index in [0.717, 1.165) is 31.7 Å². The zero-order chi connectivity index (χ0) is 12.8. The first-order valence-electron chi connectivity index (χ1n) is 6.39. The van der Waals surface area contributed by atoms with Gasteiger partial charge in [0.15, 0.2) is 0 Å². The number of rotatable bonds is 5. The van der Waals surface area contributed by atoms with Gasteiger partial charge in [-0.3, -0.25) is 9.69 Å². The van der Waals surface area contributed by atoms with Crippen molar-refractivity contribution in [1.29, 1.82) is 0 Å². The minimum absolute atomic E-state index is 0.213. The van der Waals surface area contributed by atoms with Gasteiger partial charge in [-0.2, -0.15) is 0 Å². The summed E-state index contributed by atoms with van der Waals surface area (Å²) in [7, 11) is 0. The van der Waals surface area contributed by atoms with Gasteiger partial charge in [0, 0.05) is 13.1 Å². The minimum Gasteiger partial charge on any atom is -0.492 e. The number of hydrogen-bond donors (Lipinski definition) is 1. The molecule has 4 heteroatoms. The summed E-state index contributed by atoms with van der Waals surface area (Å²) < 4.78 is 5.62. The van der Waals surface area contributed by atoms with Crippen LogP contribution in [0.15, 0.2) is 30.3 Å². The van der Waals surface area contributed by atoms with Crippen molar-refractivity contribution in [2.75, 3.05) is 26.2 Å². The molecule has 1 N–H and O–H groups in total. The molecule has 1 aromatic carbocycles. The fourth-order valence-electron chi connectivity index (χ4n) is 2.27. The van der Waals surface area contributed by atoms with Crippen LogP contribution in [0, 0.1) is 5.92 Å². The van der Waals surface area contributed by atoms with Crippen molar-refractivity contribution in [1.82, 2.24) is 4.90 Å². The number of carboxylic acids is 1. The number of nitrogens with zero attached hydrogens (tertiary/aromatic N) is 1. The van der Waals surface area contributed by atoms with E-state index in [9.17, 15) is 4.79 Å². The number of piperidine rings is 1. The highest BCUT2D eigenvalue weighted by atomic mass is 16.5. The molecule has 0 bridgehead atoms. The van der Waals surface area contributed by atoms with E-state index in [1.807, 2.05) is 30.3 Å². The summed E-state index contributed by atoms with van der Waals surface area (Å²) in [6.45, 7) is 3.02. The molecule has 1 saturated heterocycles. The molecular weight excluding hydrogens is 230 g/mol. The number of para-hydroxylation sites is 1. The molecule has 0 spiro atoms. The van der Waals surface area contributed by atoms with E-state index >= 15 is 0 Å². The Morgan fingerprint density at radius 3 is 2.89 bits per heavy atom. The first-order chi connectivity index (χ1) is 8.75. The van der Waals surface area contributed by atoms with Crippen LogP contribution in [-0.2, 0) is 4.79 Å². The Morgan fingerprint density at radius 1 is 1.39 bits per heavy atom. The third-order valence-corrected chi connectivity index (χ3v) is 3.27. The van der Waals surface area contributed by atoms with E-state index in [1.54, 1.807) is 0 Å². The number of ether oxygens (including phenoxy) is 1. The van der Waals surface area contributed by atoms with Crippen LogP contribution >= 0.6 is 0 Å². The summed E-state index contributed by atoms with van der Waals surface area (Å²) in [4.78, 5) is 13.1. The van der Waals surface area contributed by atoms with Crippen LogP contribution in [0.4, 0.5) is 0 Å². The predicted octanol–water partition coefficient (Wildman–Crippen LogP) is 1.86. The summed E-state index contributed by atoms with van der Waals surface area (Å²) in [5, 5.41) is 9.00. The largest absolute Gasteiger partial charge is 0.492 e. The summed E-state index contributed by atoms with van der Waals surface area (Å²) >= 11 is 0. The van der Waals surface area contributed by atoms with Gasteiger partial charge in [-0.1, -0.05) is 18.2 Å². The zero-order valence-electron chi connectivity index (χ0n) is 10.4. The lowest BCUT2D eigenvalue weighted by molar-refractivity contribution is -0.143. The molecule has 2 rings (SSSR count). The SMILES string of the molecule is O=C(O)[C@H]1CCCN(CCOc2ccccc2)C1. The maximum Gasteiger partial charge on any atom is 0.307 e. The molecule has 4 nitrogen and oxygen atoms in total. The molecule has 1 aliphatic heterocycles. The van der Waals surface area contributed by atoms with Gasteiger partial charge < -0.3 is 9.84 Å². The summed E-state index contributed by atoms with van der Waals surface area (Å²) in [5.41, 5.74) is 0. The Balaban J connectivity index is 1.72. The molecule has 1 fully saturated rings. The smallest absolute Gasteiger partial charge is 0.307 e. The molecular formula is C14H19NO3. The highest BCUT2D eigenvalue weighted by molar-refractivity contribution is 5.70. The standard InChI is InChI=1S/C14H19NO3/c16-14(17)12-5-4-8-15(11-12)9-10-18-13-6-2-1-3-7-13/h1-3,6-7,12H,4-5,8-11H2,(H,16,17)/t12-/m0/s1. The zero-order valence-corrected chi connectivity index (χ0v) is 10.4. The molecule has 0 amide bonds. The van der Waals surface area contributed by atoms with Crippen molar-refractivity contribution < 1.29 is 14.6 Å². The maximum absolute atomic E-state index is 10.9. The Kier molecular flexibility index (Phi) is 4.59. The van der Waals surface area contributed by atoms with Crippen LogP contribution in [0.5, 0.6) is 5.75 Å². The molecule has 18 heavy (non-hydrogen) atoms. The quantitative estimate of drug-likeness (QED) is 0.865. The topological polar surface area (TPSA) is 49.8 Å². The van der Waals surface area contributed by atoms with Crippen LogP contribution in [0.25, 0.3) is 0 Å². The van der Waals surface area contributed by atoms with Crippen LogP contribution in [0.3, 0.4) is 0 Å². The third-order valence-electron chi connectivity index (χ3n) is 3.27. The van der Waals surface area contributed by atoms with Crippen molar-refractivity contribution in [3.05, 3.63) is 30.3 Å². The predicted molar refractivity (Wildman–Crippen MR) is 68.7 cm³/mol. The molecule has 98 valence electrons. The van der Waals surface area contributed by atoms with Gasteiger partial charge in [0.1, 0.15) is 12.4 Å². The number of carbonyl (C=O) groups is 1. The second-order valence-corrected chi connectivity index (χ2v) is 4.64. The normalized spacial score (nSPS) is 20.6. The van der Waals surface area contributed by atoms with Gasteiger partial charge in [-0.15, -0.1) is 0 Å². The monoisotopic (exact) mass is 249 g/mol. The van der Waals surface area contributed by atoms with E-state index in [0.29, 0.717) is 13.2 Å². The second-order valence-electron chi connectivity index (χ2n) is 4.64. The third kappa shape index (κ3) is 3.74. The molecule has 0 unspecified atom stereocenters. The van der Waals surface area contributed by atoms with Crippen molar-refractivity contribution >= 4 is 5.97 Å². The average molecular weight is 249 g/mol. The number of benzene rings is 1. The van der Waals surface area contributed by atoms with Gasteiger partial charge >= 0.3 is 5.97 Å². The van der Waals surface area contributed by atoms with Gasteiger partial charge in [-0.25, -0.2) is 0 Å². The molecule has 0 radical (unpaired) electrons. The number of hydrogen-bond acceptors (Lipinski definition) is 3. The minimum atomic E-state index is -0.677. The van der Waals surface area contributed by atoms with Crippen molar-refractivity contribution in [3.63, 3.8) is 0 Å². The summed E-state index contributed by atoms with van der Waals surface area (Å²) in [6, 6.07) is 9.69. The number of carboxylic acid groups (broad SMARTS) is 1. The molecule has 1 atom stereocenters. The van der Waals surface area contributed by atoms with E-state index in [1.165, 1.54) is 0 Å². The first kappa shape index (κ1) is 12.9. The summed E-state index contributed by atoms with van der Waals surface area (Å²) in [5.74, 6) is -0.0246. The van der Waals surface area contributed by atoms with Gasteiger partial charge in [0.05, 0.1) is 5.92 Å². The lowest BCUT2D eigenvalue weighted by Gasteiger charge is -2.30. The van der Waals surface area contributed by atoms with Crippen LogP contribution < -0.4 is 4.74 Å². The molecule has 0 aliphatic carbocycles. The maximum atomic E-state index is 10.9. The van der Waals surface area contributed by atoms with E-state index in [2.05, 4.69) is 4.90 Å². The summed E-state index contributed by atoms with van der Waals surface area (Å²) in [6.07, 6.45) is 1.76. The fourth-order valence-corrected chi connectivity index (χ4v) is 2.27. The molecule has 1 heterocycles. The molecule has 0 aromatic heterocycles. The van der Waals surface area contributed by atoms with Crippen molar-refractivity contribution in [2.45, 2.75) is 12.8 Å². The Labute approximate surface area is 107 Å². The highest BCUT2D eigenvalue weighted by Crippen LogP contribution is 2.16. The van der Waals surface area contributed by atoms with Crippen LogP contribution in [-0.4, -0.2) is 42.2 Å². The fraction of sp³-hybridized carbons (Fsp3) is 0.500. The number of aliphatic carboxylic acids is 1. The van der Waals surface area contributed by atoms with Gasteiger partial charge in [-0.05, 0) is 31.5 Å². The molecule has 1 aromatic rings. The van der Waals surface area contributed by atoms with Crippen LogP contribution in [0.1, 0.15) is 12.8 Å².